The quantitative estimate of drug-likeness (QED) is 0.646. The van der Waals surface area contributed by atoms with Crippen molar-refractivity contribution in [3.05, 3.63) is 0 Å². The minimum Gasteiger partial charge on any atom is -0.313 e. The molecule has 0 aromatic rings. The molecule has 0 saturated carbocycles. The molecular formula is C10H17N2O. The molecule has 0 bridgehead atoms. The predicted molar refractivity (Wildman–Crippen MR) is 50.4 cm³/mol. The minimum absolute atomic E-state index is 0.144. The lowest BCUT2D eigenvalue weighted by atomic mass is 9.86. The highest BCUT2D eigenvalue weighted by Crippen LogP contribution is 2.22. The predicted octanol–water partition coefficient (Wildman–Crippen LogP) is 0.669. The molecule has 2 fully saturated rings. The largest absolute Gasteiger partial charge is 0.313 e. The van der Waals surface area contributed by atoms with Gasteiger partial charge in [0.2, 0.25) is 5.91 Å². The van der Waals surface area contributed by atoms with Crippen LogP contribution in [0.4, 0.5) is 0 Å². The summed E-state index contributed by atoms with van der Waals surface area (Å²) >= 11 is 0. The average Bonchev–Trinajstić information content (AvgIpc) is 2.20. The molecule has 0 aliphatic carbocycles. The lowest BCUT2D eigenvalue weighted by molar-refractivity contribution is -0.128. The highest BCUT2D eigenvalue weighted by atomic mass is 16.2. The van der Waals surface area contributed by atoms with Crippen molar-refractivity contribution in [2.75, 3.05) is 13.1 Å². The number of nitrogens with one attached hydrogen (secondary N) is 1. The van der Waals surface area contributed by atoms with Crippen LogP contribution in [0, 0.1) is 5.92 Å². The Balaban J connectivity index is 1.92. The zero-order chi connectivity index (χ0) is 9.10. The van der Waals surface area contributed by atoms with Crippen LogP contribution < -0.4 is 10.6 Å². The van der Waals surface area contributed by atoms with E-state index in [0.29, 0.717) is 6.04 Å². The van der Waals surface area contributed by atoms with Gasteiger partial charge in [0.1, 0.15) is 0 Å². The van der Waals surface area contributed by atoms with Gasteiger partial charge in [-0.05, 0) is 32.2 Å². The van der Waals surface area contributed by atoms with E-state index in [4.69, 9.17) is 0 Å². The number of rotatable bonds is 1. The lowest BCUT2D eigenvalue weighted by Gasteiger charge is -2.32. The van der Waals surface area contributed by atoms with Gasteiger partial charge in [-0.3, -0.25) is 10.1 Å². The van der Waals surface area contributed by atoms with Crippen LogP contribution in [-0.2, 0) is 4.79 Å². The van der Waals surface area contributed by atoms with Gasteiger partial charge in [0.05, 0.1) is 5.92 Å². The Kier molecular flexibility index (Phi) is 2.83. The molecule has 2 aliphatic rings. The van der Waals surface area contributed by atoms with Gasteiger partial charge in [0.25, 0.3) is 0 Å². The third-order valence-electron chi connectivity index (χ3n) is 3.09. The molecule has 0 aromatic carbocycles. The number of nitrogens with zero attached hydrogens (tertiary/aromatic N) is 1. The Morgan fingerprint density at radius 1 is 1.23 bits per heavy atom. The summed E-state index contributed by atoms with van der Waals surface area (Å²) in [5.41, 5.74) is 0. The molecule has 0 spiro atoms. The molecule has 2 saturated heterocycles. The van der Waals surface area contributed by atoms with Gasteiger partial charge < -0.3 is 5.32 Å². The maximum Gasteiger partial charge on any atom is 0.245 e. The second kappa shape index (κ2) is 4.09. The van der Waals surface area contributed by atoms with Gasteiger partial charge in [-0.15, -0.1) is 0 Å². The minimum atomic E-state index is 0.144. The Bertz CT molecular complexity index is 187. The number of piperidine rings is 2. The number of hydrogen-bond donors (Lipinski definition) is 1. The smallest absolute Gasteiger partial charge is 0.245 e. The van der Waals surface area contributed by atoms with E-state index in [0.717, 1.165) is 32.4 Å². The Morgan fingerprint density at radius 3 is 2.85 bits per heavy atom. The number of hydrogen-bond acceptors (Lipinski definition) is 2. The summed E-state index contributed by atoms with van der Waals surface area (Å²) in [6.07, 6.45) is 5.82. The van der Waals surface area contributed by atoms with Crippen LogP contribution in [0.25, 0.3) is 0 Å². The molecule has 1 N–H and O–H groups in total. The zero-order valence-corrected chi connectivity index (χ0v) is 7.96. The fourth-order valence-electron chi connectivity index (χ4n) is 2.34. The molecule has 13 heavy (non-hydrogen) atoms. The molecular weight excluding hydrogens is 164 g/mol. The van der Waals surface area contributed by atoms with E-state index in [1.54, 1.807) is 0 Å². The van der Waals surface area contributed by atoms with Crippen molar-refractivity contribution in [3.8, 4) is 0 Å². The fraction of sp³-hybridized carbons (Fsp3) is 0.900. The Labute approximate surface area is 79.3 Å². The molecule has 2 heterocycles. The van der Waals surface area contributed by atoms with Crippen LogP contribution in [-0.4, -0.2) is 25.0 Å². The van der Waals surface area contributed by atoms with E-state index in [1.165, 1.54) is 12.8 Å². The fourth-order valence-corrected chi connectivity index (χ4v) is 2.34. The third kappa shape index (κ3) is 2.02. The third-order valence-corrected chi connectivity index (χ3v) is 3.09. The van der Waals surface area contributed by atoms with E-state index in [-0.39, 0.29) is 11.8 Å². The highest BCUT2D eigenvalue weighted by molar-refractivity contribution is 5.79. The second-order valence-electron chi connectivity index (χ2n) is 4.03. The maximum atomic E-state index is 11.5. The summed E-state index contributed by atoms with van der Waals surface area (Å²) in [4.78, 5) is 11.5. The number of carbonyl (C=O) groups excluding carboxylic acids is 1. The van der Waals surface area contributed by atoms with Gasteiger partial charge in [0, 0.05) is 12.6 Å². The highest BCUT2D eigenvalue weighted by Gasteiger charge is 2.31. The first-order valence-corrected chi connectivity index (χ1v) is 5.32. The molecule has 1 amide bonds. The van der Waals surface area contributed by atoms with Crippen LogP contribution >= 0.6 is 0 Å². The Hall–Kier alpha value is -0.570. The van der Waals surface area contributed by atoms with Crippen LogP contribution in [0.5, 0.6) is 0 Å². The zero-order valence-electron chi connectivity index (χ0n) is 7.96. The standard InChI is InChI=1S/C10H17N2O/c13-10-8(4-3-7-12-10)9-5-1-2-6-11-9/h8-9,11H,1-7H2/t8-,9?/m0/s1. The average molecular weight is 181 g/mol. The molecule has 3 heteroatoms. The normalized spacial score (nSPS) is 35.5. The van der Waals surface area contributed by atoms with Crippen molar-refractivity contribution in [1.29, 1.82) is 0 Å². The van der Waals surface area contributed by atoms with Crippen molar-refractivity contribution < 1.29 is 4.79 Å². The Morgan fingerprint density at radius 2 is 2.15 bits per heavy atom. The maximum absolute atomic E-state index is 11.5. The molecule has 1 radical (unpaired) electrons. The van der Waals surface area contributed by atoms with Crippen molar-refractivity contribution >= 4 is 5.91 Å². The van der Waals surface area contributed by atoms with Crippen molar-refractivity contribution in [1.82, 2.24) is 10.6 Å². The van der Waals surface area contributed by atoms with E-state index in [2.05, 4.69) is 10.6 Å². The van der Waals surface area contributed by atoms with Crippen LogP contribution in [0.1, 0.15) is 32.1 Å². The van der Waals surface area contributed by atoms with Gasteiger partial charge in [-0.25, -0.2) is 0 Å². The van der Waals surface area contributed by atoms with Crippen LogP contribution in [0.15, 0.2) is 0 Å². The monoisotopic (exact) mass is 181 g/mol. The summed E-state index contributed by atoms with van der Waals surface area (Å²) < 4.78 is 0. The topological polar surface area (TPSA) is 43.2 Å². The summed E-state index contributed by atoms with van der Waals surface area (Å²) in [7, 11) is 0. The van der Waals surface area contributed by atoms with Crippen molar-refractivity contribution in [2.24, 2.45) is 5.92 Å². The van der Waals surface area contributed by atoms with Crippen LogP contribution in [0.2, 0.25) is 0 Å². The molecule has 73 valence electrons. The second-order valence-corrected chi connectivity index (χ2v) is 4.03. The van der Waals surface area contributed by atoms with Gasteiger partial charge in [0.15, 0.2) is 0 Å². The van der Waals surface area contributed by atoms with E-state index in [9.17, 15) is 4.79 Å². The molecule has 2 rings (SSSR count). The molecule has 2 aliphatic heterocycles. The summed E-state index contributed by atoms with van der Waals surface area (Å²) in [6.45, 7) is 1.83. The van der Waals surface area contributed by atoms with Crippen LogP contribution in [0.3, 0.4) is 0 Å². The number of amides is 1. The number of carbonyl (C=O) groups is 1. The molecule has 2 atom stereocenters. The van der Waals surface area contributed by atoms with Gasteiger partial charge in [-0.2, -0.15) is 0 Å². The van der Waals surface area contributed by atoms with Crippen molar-refractivity contribution in [3.63, 3.8) is 0 Å². The van der Waals surface area contributed by atoms with E-state index >= 15 is 0 Å². The van der Waals surface area contributed by atoms with E-state index in [1.807, 2.05) is 0 Å². The first-order valence-electron chi connectivity index (χ1n) is 5.32. The summed E-state index contributed by atoms with van der Waals surface area (Å²) in [5.74, 6) is 0.333. The van der Waals surface area contributed by atoms with E-state index < -0.39 is 0 Å². The lowest BCUT2D eigenvalue weighted by Crippen LogP contribution is -2.47. The molecule has 0 aromatic heterocycles. The first kappa shape index (κ1) is 9.00. The van der Waals surface area contributed by atoms with Crippen molar-refractivity contribution in [2.45, 2.75) is 38.1 Å². The SMILES string of the molecule is O=C1[N]CCC[C@H]1C1CCCCN1. The first-order chi connectivity index (χ1) is 6.38. The van der Waals surface area contributed by atoms with Gasteiger partial charge >= 0.3 is 0 Å². The molecule has 1 unspecified atom stereocenters. The molecule has 3 nitrogen and oxygen atoms in total. The summed E-state index contributed by atoms with van der Waals surface area (Å²) in [6, 6.07) is 0.422. The van der Waals surface area contributed by atoms with Gasteiger partial charge in [-0.1, -0.05) is 6.42 Å². The summed E-state index contributed by atoms with van der Waals surface area (Å²) in [5, 5.41) is 7.45.